The average Bonchev–Trinajstić information content (AvgIpc) is 2.37. The predicted octanol–water partition coefficient (Wildman–Crippen LogP) is -0.110. The zero-order valence-electron chi connectivity index (χ0n) is 10.6. The van der Waals surface area contributed by atoms with E-state index in [9.17, 15) is 4.79 Å². The molecule has 1 fully saturated rings. The summed E-state index contributed by atoms with van der Waals surface area (Å²) in [6, 6.07) is -0.281. The summed E-state index contributed by atoms with van der Waals surface area (Å²) in [6.07, 6.45) is 3.87. The molecule has 100 valence electrons. The van der Waals surface area contributed by atoms with Crippen LogP contribution in [0.15, 0.2) is 0 Å². The fraction of sp³-hybridized carbons (Fsp3) is 0.917. The summed E-state index contributed by atoms with van der Waals surface area (Å²) in [4.78, 5) is 11.6. The minimum Gasteiger partial charge on any atom is -0.394 e. The van der Waals surface area contributed by atoms with Crippen molar-refractivity contribution in [3.63, 3.8) is 0 Å². The lowest BCUT2D eigenvalue weighted by Crippen LogP contribution is -2.41. The Morgan fingerprint density at radius 1 is 1.65 bits per heavy atom. The predicted molar refractivity (Wildman–Crippen MR) is 65.7 cm³/mol. The molecule has 1 heterocycles. The highest BCUT2D eigenvalue weighted by molar-refractivity contribution is 5.76. The Morgan fingerprint density at radius 2 is 2.47 bits per heavy atom. The molecule has 1 rings (SSSR count). The third kappa shape index (κ3) is 6.00. The van der Waals surface area contributed by atoms with Crippen molar-refractivity contribution in [2.45, 2.75) is 31.7 Å². The lowest BCUT2D eigenvalue weighted by Gasteiger charge is -2.22. The molecule has 0 aromatic rings. The highest BCUT2D eigenvalue weighted by Gasteiger charge is 2.16. The van der Waals surface area contributed by atoms with Crippen molar-refractivity contribution in [2.75, 3.05) is 33.4 Å². The van der Waals surface area contributed by atoms with Crippen LogP contribution in [-0.2, 0) is 9.53 Å². The van der Waals surface area contributed by atoms with E-state index in [4.69, 9.17) is 9.84 Å². The summed E-state index contributed by atoms with van der Waals surface area (Å²) in [6.45, 7) is 2.40. The van der Waals surface area contributed by atoms with Gasteiger partial charge in [0.1, 0.15) is 0 Å². The Kier molecular flexibility index (Phi) is 7.16. The van der Waals surface area contributed by atoms with Gasteiger partial charge in [-0.2, -0.15) is 0 Å². The van der Waals surface area contributed by atoms with E-state index in [0.29, 0.717) is 18.9 Å². The van der Waals surface area contributed by atoms with Gasteiger partial charge in [-0.05, 0) is 38.3 Å². The number of hydrogen-bond acceptors (Lipinski definition) is 4. The molecule has 5 heteroatoms. The summed E-state index contributed by atoms with van der Waals surface area (Å²) >= 11 is 0. The number of ether oxygens (including phenoxy) is 1. The Balaban J connectivity index is 2.14. The molecule has 3 N–H and O–H groups in total. The van der Waals surface area contributed by atoms with Gasteiger partial charge in [-0.15, -0.1) is 0 Å². The molecule has 1 aliphatic rings. The number of hydrogen-bond donors (Lipinski definition) is 3. The Bertz CT molecular complexity index is 218. The van der Waals surface area contributed by atoms with Crippen molar-refractivity contribution in [1.82, 2.24) is 10.6 Å². The highest BCUT2D eigenvalue weighted by Crippen LogP contribution is 2.15. The van der Waals surface area contributed by atoms with Gasteiger partial charge in [0.2, 0.25) is 5.91 Å². The number of carbonyl (C=O) groups is 1. The van der Waals surface area contributed by atoms with Gasteiger partial charge >= 0.3 is 0 Å². The molecule has 0 radical (unpaired) electrons. The molecule has 0 aromatic heterocycles. The molecule has 0 bridgehead atoms. The van der Waals surface area contributed by atoms with Crippen molar-refractivity contribution in [3.05, 3.63) is 0 Å². The number of piperidine rings is 1. The maximum atomic E-state index is 11.6. The number of aliphatic hydroxyl groups excluding tert-OH is 1. The van der Waals surface area contributed by atoms with Gasteiger partial charge in [0, 0.05) is 13.5 Å². The summed E-state index contributed by atoms with van der Waals surface area (Å²) in [7, 11) is 1.56. The van der Waals surface area contributed by atoms with E-state index in [1.54, 1.807) is 7.11 Å². The Morgan fingerprint density at radius 3 is 3.06 bits per heavy atom. The molecule has 0 aliphatic carbocycles. The van der Waals surface area contributed by atoms with Gasteiger partial charge in [-0.25, -0.2) is 0 Å². The van der Waals surface area contributed by atoms with Crippen molar-refractivity contribution in [1.29, 1.82) is 0 Å². The van der Waals surface area contributed by atoms with Gasteiger partial charge < -0.3 is 20.5 Å². The first-order chi connectivity index (χ1) is 8.26. The van der Waals surface area contributed by atoms with Gasteiger partial charge in [-0.3, -0.25) is 4.79 Å². The van der Waals surface area contributed by atoms with E-state index in [-0.39, 0.29) is 18.6 Å². The molecule has 1 aliphatic heterocycles. The van der Waals surface area contributed by atoms with Gasteiger partial charge in [0.15, 0.2) is 0 Å². The second kappa shape index (κ2) is 8.44. The fourth-order valence-corrected chi connectivity index (χ4v) is 2.15. The lowest BCUT2D eigenvalue weighted by molar-refractivity contribution is -0.122. The van der Waals surface area contributed by atoms with Crippen molar-refractivity contribution >= 4 is 5.91 Å². The topological polar surface area (TPSA) is 70.6 Å². The smallest absolute Gasteiger partial charge is 0.220 e. The van der Waals surface area contributed by atoms with E-state index < -0.39 is 0 Å². The molecule has 0 saturated carbocycles. The molecule has 2 unspecified atom stereocenters. The molecule has 1 saturated heterocycles. The van der Waals surface area contributed by atoms with Crippen LogP contribution in [0.3, 0.4) is 0 Å². The van der Waals surface area contributed by atoms with Crippen LogP contribution >= 0.6 is 0 Å². The summed E-state index contributed by atoms with van der Waals surface area (Å²) in [5.74, 6) is 0.621. The van der Waals surface area contributed by atoms with Crippen LogP contribution < -0.4 is 10.6 Å². The number of carbonyl (C=O) groups excluding carboxylic acids is 1. The maximum Gasteiger partial charge on any atom is 0.220 e. The SMILES string of the molecule is COCC(CO)NC(=O)CCC1CCCNC1. The van der Waals surface area contributed by atoms with Gasteiger partial charge in [-0.1, -0.05) is 0 Å². The first-order valence-electron chi connectivity index (χ1n) is 6.36. The number of nitrogens with one attached hydrogen (secondary N) is 2. The van der Waals surface area contributed by atoms with E-state index in [0.717, 1.165) is 19.5 Å². The molecular weight excluding hydrogens is 220 g/mol. The summed E-state index contributed by atoms with van der Waals surface area (Å²) in [5.41, 5.74) is 0. The van der Waals surface area contributed by atoms with E-state index >= 15 is 0 Å². The molecule has 2 atom stereocenters. The number of amides is 1. The molecule has 5 nitrogen and oxygen atoms in total. The molecule has 0 spiro atoms. The fourth-order valence-electron chi connectivity index (χ4n) is 2.15. The van der Waals surface area contributed by atoms with Crippen LogP contribution in [0.5, 0.6) is 0 Å². The minimum absolute atomic E-state index is 0.00618. The zero-order valence-corrected chi connectivity index (χ0v) is 10.6. The molecular formula is C12H24N2O3. The first-order valence-corrected chi connectivity index (χ1v) is 6.36. The lowest BCUT2D eigenvalue weighted by atomic mass is 9.94. The van der Waals surface area contributed by atoms with Gasteiger partial charge in [0.05, 0.1) is 19.3 Å². The van der Waals surface area contributed by atoms with Crippen molar-refractivity contribution in [3.8, 4) is 0 Å². The van der Waals surface area contributed by atoms with E-state index in [2.05, 4.69) is 10.6 Å². The third-order valence-corrected chi connectivity index (χ3v) is 3.13. The normalized spacial score (nSPS) is 22.1. The maximum absolute atomic E-state index is 11.6. The number of methoxy groups -OCH3 is 1. The Hall–Kier alpha value is -0.650. The molecule has 1 amide bonds. The quantitative estimate of drug-likeness (QED) is 0.584. The Labute approximate surface area is 103 Å². The summed E-state index contributed by atoms with van der Waals surface area (Å²) < 4.78 is 4.91. The molecule has 17 heavy (non-hydrogen) atoms. The van der Waals surface area contributed by atoms with Gasteiger partial charge in [0.25, 0.3) is 0 Å². The largest absolute Gasteiger partial charge is 0.394 e. The number of rotatable bonds is 7. The third-order valence-electron chi connectivity index (χ3n) is 3.13. The van der Waals surface area contributed by atoms with Crippen LogP contribution in [0.25, 0.3) is 0 Å². The zero-order chi connectivity index (χ0) is 12.5. The second-order valence-electron chi connectivity index (χ2n) is 4.65. The van der Waals surface area contributed by atoms with Crippen LogP contribution in [0.4, 0.5) is 0 Å². The van der Waals surface area contributed by atoms with E-state index in [1.807, 2.05) is 0 Å². The van der Waals surface area contributed by atoms with E-state index in [1.165, 1.54) is 12.8 Å². The van der Waals surface area contributed by atoms with Crippen LogP contribution in [0, 0.1) is 5.92 Å². The minimum atomic E-state index is -0.281. The first kappa shape index (κ1) is 14.4. The van der Waals surface area contributed by atoms with Crippen LogP contribution in [-0.4, -0.2) is 50.5 Å². The monoisotopic (exact) mass is 244 g/mol. The standard InChI is InChI=1S/C12H24N2O3/c1-17-9-11(8-15)14-12(16)5-4-10-3-2-6-13-7-10/h10-11,13,15H,2-9H2,1H3,(H,14,16). The summed E-state index contributed by atoms with van der Waals surface area (Å²) in [5, 5.41) is 15.1. The van der Waals surface area contributed by atoms with Crippen molar-refractivity contribution < 1.29 is 14.6 Å². The van der Waals surface area contributed by atoms with Crippen LogP contribution in [0.1, 0.15) is 25.7 Å². The molecule has 0 aromatic carbocycles. The average molecular weight is 244 g/mol. The van der Waals surface area contributed by atoms with Crippen molar-refractivity contribution in [2.24, 2.45) is 5.92 Å². The highest BCUT2D eigenvalue weighted by atomic mass is 16.5. The number of aliphatic hydroxyl groups is 1. The second-order valence-corrected chi connectivity index (χ2v) is 4.65. The van der Waals surface area contributed by atoms with Crippen LogP contribution in [0.2, 0.25) is 0 Å².